The van der Waals surface area contributed by atoms with Crippen molar-refractivity contribution < 1.29 is 9.53 Å². The van der Waals surface area contributed by atoms with Crippen LogP contribution in [0, 0.1) is 0 Å². The van der Waals surface area contributed by atoms with Gasteiger partial charge in [-0.25, -0.2) is 14.5 Å². The SMILES string of the molecule is CN(Cc1cc(Sc2ccccn2)n(-c2ccccc2Cl)n1)C(=O)OC(C)(C)C. The largest absolute Gasteiger partial charge is 0.444 e. The Balaban J connectivity index is 1.90. The van der Waals surface area contributed by atoms with Gasteiger partial charge < -0.3 is 9.64 Å². The van der Waals surface area contributed by atoms with Crippen molar-refractivity contribution in [3.63, 3.8) is 0 Å². The molecular formula is C21H23ClN4O2S. The average molecular weight is 431 g/mol. The summed E-state index contributed by atoms with van der Waals surface area (Å²) in [7, 11) is 1.69. The number of carbonyl (C=O) groups excluding carboxylic acids is 1. The van der Waals surface area contributed by atoms with Gasteiger partial charge in [-0.2, -0.15) is 5.10 Å². The minimum Gasteiger partial charge on any atom is -0.444 e. The number of hydrogen-bond acceptors (Lipinski definition) is 5. The van der Waals surface area contributed by atoms with Gasteiger partial charge in [-0.3, -0.25) is 0 Å². The third-order valence-electron chi connectivity index (χ3n) is 3.76. The molecule has 0 N–H and O–H groups in total. The van der Waals surface area contributed by atoms with Crippen molar-refractivity contribution in [2.24, 2.45) is 0 Å². The Morgan fingerprint density at radius 2 is 1.93 bits per heavy atom. The number of hydrogen-bond donors (Lipinski definition) is 0. The van der Waals surface area contributed by atoms with Crippen LogP contribution in [0.1, 0.15) is 26.5 Å². The molecular weight excluding hydrogens is 408 g/mol. The van der Waals surface area contributed by atoms with E-state index in [1.54, 1.807) is 17.9 Å². The molecule has 6 nitrogen and oxygen atoms in total. The summed E-state index contributed by atoms with van der Waals surface area (Å²) in [4.78, 5) is 18.2. The predicted molar refractivity (Wildman–Crippen MR) is 115 cm³/mol. The highest BCUT2D eigenvalue weighted by atomic mass is 35.5. The highest BCUT2D eigenvalue weighted by molar-refractivity contribution is 7.99. The van der Waals surface area contributed by atoms with Crippen molar-refractivity contribution in [2.75, 3.05) is 7.05 Å². The predicted octanol–water partition coefficient (Wildman–Crippen LogP) is 5.44. The van der Waals surface area contributed by atoms with Gasteiger partial charge in [0, 0.05) is 13.2 Å². The van der Waals surface area contributed by atoms with Crippen molar-refractivity contribution in [3.05, 3.63) is 65.4 Å². The molecule has 0 saturated heterocycles. The van der Waals surface area contributed by atoms with Crippen LogP contribution < -0.4 is 0 Å². The summed E-state index contributed by atoms with van der Waals surface area (Å²) >= 11 is 7.88. The third kappa shape index (κ3) is 5.74. The van der Waals surface area contributed by atoms with Gasteiger partial charge in [0.15, 0.2) is 0 Å². The number of pyridine rings is 1. The van der Waals surface area contributed by atoms with Crippen LogP contribution in [0.2, 0.25) is 5.02 Å². The van der Waals surface area contributed by atoms with E-state index in [0.717, 1.165) is 21.4 Å². The lowest BCUT2D eigenvalue weighted by Crippen LogP contribution is -2.33. The van der Waals surface area contributed by atoms with E-state index in [0.29, 0.717) is 11.6 Å². The topological polar surface area (TPSA) is 60.2 Å². The fourth-order valence-electron chi connectivity index (χ4n) is 2.52. The highest BCUT2D eigenvalue weighted by Crippen LogP contribution is 2.31. The normalized spacial score (nSPS) is 11.3. The molecule has 0 bridgehead atoms. The molecule has 0 atom stereocenters. The van der Waals surface area contributed by atoms with E-state index in [9.17, 15) is 4.79 Å². The molecule has 29 heavy (non-hydrogen) atoms. The number of nitrogens with zero attached hydrogens (tertiary/aromatic N) is 4. The fraction of sp³-hybridized carbons (Fsp3) is 0.286. The van der Waals surface area contributed by atoms with Gasteiger partial charge in [-0.05, 0) is 62.9 Å². The van der Waals surface area contributed by atoms with Crippen LogP contribution in [-0.2, 0) is 11.3 Å². The van der Waals surface area contributed by atoms with Crippen molar-refractivity contribution in [1.29, 1.82) is 0 Å². The summed E-state index contributed by atoms with van der Waals surface area (Å²) in [5.74, 6) is 0. The molecule has 0 aliphatic heterocycles. The number of rotatable bonds is 5. The lowest BCUT2D eigenvalue weighted by atomic mass is 10.2. The Kier molecular flexibility index (Phi) is 6.49. The minimum absolute atomic E-state index is 0.308. The van der Waals surface area contributed by atoms with Crippen molar-refractivity contribution >= 4 is 29.5 Å². The van der Waals surface area contributed by atoms with Gasteiger partial charge in [0.1, 0.15) is 15.7 Å². The second-order valence-electron chi connectivity index (χ2n) is 7.44. The molecule has 2 heterocycles. The first-order chi connectivity index (χ1) is 13.7. The molecule has 3 rings (SSSR count). The molecule has 1 aromatic carbocycles. The maximum atomic E-state index is 12.3. The Morgan fingerprint density at radius 3 is 2.59 bits per heavy atom. The minimum atomic E-state index is -0.553. The number of aromatic nitrogens is 3. The molecule has 0 fully saturated rings. The van der Waals surface area contributed by atoms with Crippen LogP contribution in [-0.4, -0.2) is 38.4 Å². The highest BCUT2D eigenvalue weighted by Gasteiger charge is 2.21. The van der Waals surface area contributed by atoms with E-state index < -0.39 is 11.7 Å². The first-order valence-electron chi connectivity index (χ1n) is 9.10. The number of halogens is 1. The first kappa shape index (κ1) is 21.2. The summed E-state index contributed by atoms with van der Waals surface area (Å²) in [6.07, 6.45) is 1.35. The van der Waals surface area contributed by atoms with Crippen molar-refractivity contribution in [3.8, 4) is 5.69 Å². The zero-order chi connectivity index (χ0) is 21.0. The molecule has 2 aromatic heterocycles. The van der Waals surface area contributed by atoms with Gasteiger partial charge in [0.2, 0.25) is 0 Å². The molecule has 0 radical (unpaired) electrons. The Hall–Kier alpha value is -2.51. The molecule has 0 saturated carbocycles. The van der Waals surface area contributed by atoms with E-state index in [4.69, 9.17) is 21.4 Å². The molecule has 8 heteroatoms. The molecule has 152 valence electrons. The summed E-state index contributed by atoms with van der Waals surface area (Å²) < 4.78 is 7.20. The van der Waals surface area contributed by atoms with Gasteiger partial charge in [-0.15, -0.1) is 0 Å². The van der Waals surface area contributed by atoms with Gasteiger partial charge >= 0.3 is 6.09 Å². The molecule has 0 spiro atoms. The molecule has 0 aliphatic carbocycles. The zero-order valence-corrected chi connectivity index (χ0v) is 18.4. The number of benzene rings is 1. The van der Waals surface area contributed by atoms with Gasteiger partial charge in [0.25, 0.3) is 0 Å². The number of para-hydroxylation sites is 1. The van der Waals surface area contributed by atoms with E-state index in [1.165, 1.54) is 16.7 Å². The second kappa shape index (κ2) is 8.88. The van der Waals surface area contributed by atoms with Crippen molar-refractivity contribution in [1.82, 2.24) is 19.7 Å². The zero-order valence-electron chi connectivity index (χ0n) is 16.8. The van der Waals surface area contributed by atoms with E-state index in [1.807, 2.05) is 69.3 Å². The van der Waals surface area contributed by atoms with E-state index >= 15 is 0 Å². The summed E-state index contributed by atoms with van der Waals surface area (Å²) in [5.41, 5.74) is 0.929. The Labute approximate surface area is 179 Å². The fourth-order valence-corrected chi connectivity index (χ4v) is 3.63. The standard InChI is InChI=1S/C21H23ClN4O2S/c1-21(2,3)28-20(27)25(4)14-15-13-19(29-18-11-7-8-12-23-18)26(24-15)17-10-6-5-9-16(17)22/h5-13H,14H2,1-4H3. The monoisotopic (exact) mass is 430 g/mol. The number of ether oxygens (including phenoxy) is 1. The van der Waals surface area contributed by atoms with E-state index in [2.05, 4.69) is 4.98 Å². The molecule has 0 aliphatic rings. The van der Waals surface area contributed by atoms with Crippen LogP contribution in [0.25, 0.3) is 5.69 Å². The smallest absolute Gasteiger partial charge is 0.410 e. The van der Waals surface area contributed by atoms with Crippen LogP contribution >= 0.6 is 23.4 Å². The number of amides is 1. The lowest BCUT2D eigenvalue weighted by molar-refractivity contribution is 0.0283. The quantitative estimate of drug-likeness (QED) is 0.539. The number of carbonyl (C=O) groups is 1. The maximum absolute atomic E-state index is 12.3. The third-order valence-corrected chi connectivity index (χ3v) is 5.03. The van der Waals surface area contributed by atoms with Crippen LogP contribution in [0.5, 0.6) is 0 Å². The van der Waals surface area contributed by atoms with Gasteiger partial charge in [-0.1, -0.05) is 29.8 Å². The Bertz CT molecular complexity index is 986. The Morgan fingerprint density at radius 1 is 1.21 bits per heavy atom. The van der Waals surface area contributed by atoms with Crippen LogP contribution in [0.3, 0.4) is 0 Å². The van der Waals surface area contributed by atoms with Crippen LogP contribution in [0.4, 0.5) is 4.79 Å². The molecule has 0 unspecified atom stereocenters. The summed E-state index contributed by atoms with van der Waals surface area (Å²) in [6.45, 7) is 5.83. The molecule has 3 aromatic rings. The second-order valence-corrected chi connectivity index (χ2v) is 8.89. The van der Waals surface area contributed by atoms with Gasteiger partial charge in [0.05, 0.1) is 22.9 Å². The summed E-state index contributed by atoms with van der Waals surface area (Å²) in [5, 5.41) is 6.97. The lowest BCUT2D eigenvalue weighted by Gasteiger charge is -2.24. The van der Waals surface area contributed by atoms with Crippen LogP contribution in [0.15, 0.2) is 64.8 Å². The van der Waals surface area contributed by atoms with Crippen molar-refractivity contribution in [2.45, 2.75) is 43.0 Å². The van der Waals surface area contributed by atoms with E-state index in [-0.39, 0.29) is 0 Å². The average Bonchev–Trinajstić information content (AvgIpc) is 3.03. The first-order valence-corrected chi connectivity index (χ1v) is 10.3. The summed E-state index contributed by atoms with van der Waals surface area (Å²) in [6, 6.07) is 15.2. The molecule has 1 amide bonds. The maximum Gasteiger partial charge on any atom is 0.410 e.